The largest absolute Gasteiger partial charge is 0.495 e. The van der Waals surface area contributed by atoms with Crippen LogP contribution in [0, 0.1) is 0 Å². The van der Waals surface area contributed by atoms with Crippen LogP contribution in [0.1, 0.15) is 5.56 Å². The molecule has 0 aromatic heterocycles. The van der Waals surface area contributed by atoms with E-state index in [4.69, 9.17) is 25.4 Å². The highest BCUT2D eigenvalue weighted by Gasteiger charge is 2.23. The lowest BCUT2D eigenvalue weighted by molar-refractivity contribution is -0.153. The van der Waals surface area contributed by atoms with Gasteiger partial charge in [0.2, 0.25) is 5.91 Å². The zero-order valence-corrected chi connectivity index (χ0v) is 9.58. The van der Waals surface area contributed by atoms with Crippen molar-refractivity contribution >= 4 is 11.8 Å². The van der Waals surface area contributed by atoms with E-state index in [1.807, 2.05) is 0 Å². The van der Waals surface area contributed by atoms with E-state index in [0.29, 0.717) is 23.0 Å². The quantitative estimate of drug-likeness (QED) is 0.661. The summed E-state index contributed by atoms with van der Waals surface area (Å²) in [7, 11) is 1.56. The monoisotopic (exact) mass is 243 g/mol. The third kappa shape index (κ3) is 2.41. The molecular formula is C10H13NO4S. The summed E-state index contributed by atoms with van der Waals surface area (Å²) in [6.07, 6.45) is -0.0787. The number of rotatable bonds is 3. The van der Waals surface area contributed by atoms with Gasteiger partial charge in [-0.15, -0.1) is 0 Å². The molecule has 0 atom stereocenters. The lowest BCUT2D eigenvalue weighted by Gasteiger charge is -2.16. The Balaban J connectivity index is 2.35. The van der Waals surface area contributed by atoms with Gasteiger partial charge in [-0.25, -0.2) is 0 Å². The number of fused-ring (bicyclic) bond motifs is 1. The van der Waals surface area contributed by atoms with Crippen molar-refractivity contribution in [1.29, 1.82) is 0 Å². The van der Waals surface area contributed by atoms with E-state index in [1.54, 1.807) is 31.0 Å². The first kappa shape index (κ1) is 11.5. The topological polar surface area (TPSA) is 84.9 Å². The molecule has 6 heteroatoms. The molecule has 5 nitrogen and oxygen atoms in total. The van der Waals surface area contributed by atoms with Gasteiger partial charge in [0.25, 0.3) is 0 Å². The van der Waals surface area contributed by atoms with Crippen LogP contribution < -0.4 is 15.2 Å². The van der Waals surface area contributed by atoms with Gasteiger partial charge in [-0.2, -0.15) is 0 Å². The van der Waals surface area contributed by atoms with E-state index in [2.05, 4.69) is 0 Å². The van der Waals surface area contributed by atoms with E-state index in [-0.39, 0.29) is 6.42 Å². The molecule has 16 heavy (non-hydrogen) atoms. The van der Waals surface area contributed by atoms with Gasteiger partial charge in [-0.1, -0.05) is 11.8 Å². The van der Waals surface area contributed by atoms with Crippen LogP contribution in [0.2, 0.25) is 0 Å². The Bertz CT molecular complexity index is 403. The van der Waals surface area contributed by atoms with Gasteiger partial charge in [0, 0.05) is 6.42 Å². The normalized spacial score (nSPS) is 14.5. The van der Waals surface area contributed by atoms with Crippen molar-refractivity contribution in [1.82, 2.24) is 0 Å². The summed E-state index contributed by atoms with van der Waals surface area (Å²) in [6, 6.07) is 3.47. The van der Waals surface area contributed by atoms with Crippen LogP contribution in [-0.2, 0) is 6.42 Å². The van der Waals surface area contributed by atoms with Gasteiger partial charge in [0.1, 0.15) is 17.4 Å². The highest BCUT2D eigenvalue weighted by atomic mass is 32.2. The van der Waals surface area contributed by atoms with E-state index in [9.17, 15) is 0 Å². The highest BCUT2D eigenvalue weighted by Crippen LogP contribution is 2.44. The summed E-state index contributed by atoms with van der Waals surface area (Å²) in [5, 5.41) is 18.3. The number of benzene rings is 1. The number of thioether (sulfide) groups is 1. The van der Waals surface area contributed by atoms with E-state index in [1.165, 1.54) is 0 Å². The van der Waals surface area contributed by atoms with Crippen molar-refractivity contribution in [2.75, 3.05) is 13.0 Å². The first-order valence-corrected chi connectivity index (χ1v) is 5.68. The number of ether oxygens (including phenoxy) is 2. The van der Waals surface area contributed by atoms with Crippen LogP contribution in [0.4, 0.5) is 0 Å². The van der Waals surface area contributed by atoms with Crippen LogP contribution in [0.3, 0.4) is 0 Å². The molecule has 0 spiro atoms. The molecule has 0 radical (unpaired) electrons. The summed E-state index contributed by atoms with van der Waals surface area (Å²) in [6.45, 7) is 0. The van der Waals surface area contributed by atoms with Crippen LogP contribution >= 0.6 is 11.8 Å². The minimum atomic E-state index is -2.22. The first-order chi connectivity index (χ1) is 7.49. The van der Waals surface area contributed by atoms with E-state index in [0.717, 1.165) is 4.90 Å². The molecule has 1 aromatic carbocycles. The summed E-state index contributed by atoms with van der Waals surface area (Å²) in [5.41, 5.74) is 5.79. The lowest BCUT2D eigenvalue weighted by Crippen LogP contribution is -2.41. The fourth-order valence-electron chi connectivity index (χ4n) is 1.59. The van der Waals surface area contributed by atoms with E-state index < -0.39 is 5.91 Å². The van der Waals surface area contributed by atoms with Crippen molar-refractivity contribution in [3.05, 3.63) is 17.7 Å². The van der Waals surface area contributed by atoms with Gasteiger partial charge < -0.3 is 19.7 Å². The Morgan fingerprint density at radius 2 is 2.31 bits per heavy atom. The van der Waals surface area contributed by atoms with Gasteiger partial charge in [-0.3, -0.25) is 5.73 Å². The molecule has 4 N–H and O–H groups in total. The van der Waals surface area contributed by atoms with Crippen LogP contribution in [0.15, 0.2) is 17.0 Å². The molecule has 0 saturated heterocycles. The van der Waals surface area contributed by atoms with Crippen LogP contribution in [-0.4, -0.2) is 29.2 Å². The highest BCUT2D eigenvalue weighted by molar-refractivity contribution is 7.99. The van der Waals surface area contributed by atoms with Crippen molar-refractivity contribution < 1.29 is 19.7 Å². The van der Waals surface area contributed by atoms with E-state index >= 15 is 0 Å². The molecule has 0 unspecified atom stereocenters. The fourth-order valence-corrected chi connectivity index (χ4v) is 2.43. The maximum atomic E-state index is 9.13. The van der Waals surface area contributed by atoms with Gasteiger partial charge >= 0.3 is 0 Å². The van der Waals surface area contributed by atoms with Crippen molar-refractivity contribution in [3.63, 3.8) is 0 Å². The average molecular weight is 243 g/mol. The lowest BCUT2D eigenvalue weighted by atomic mass is 10.1. The van der Waals surface area contributed by atoms with Crippen molar-refractivity contribution in [2.24, 2.45) is 5.73 Å². The zero-order chi connectivity index (χ0) is 11.8. The number of nitrogens with two attached hydrogens (primary N) is 1. The smallest absolute Gasteiger partial charge is 0.223 e. The summed E-state index contributed by atoms with van der Waals surface area (Å²) < 4.78 is 10.6. The Morgan fingerprint density at radius 1 is 1.56 bits per heavy atom. The Hall–Kier alpha value is -0.950. The fraction of sp³-hybridized carbons (Fsp3) is 0.400. The van der Waals surface area contributed by atoms with Gasteiger partial charge in [0.05, 0.1) is 12.0 Å². The zero-order valence-electron chi connectivity index (χ0n) is 8.77. The maximum absolute atomic E-state index is 9.13. The van der Waals surface area contributed by atoms with Gasteiger partial charge in [-0.05, 0) is 17.7 Å². The molecule has 1 aliphatic heterocycles. The van der Waals surface area contributed by atoms with Crippen LogP contribution in [0.5, 0.6) is 11.5 Å². The number of hydrogen-bond donors (Lipinski definition) is 3. The minimum Gasteiger partial charge on any atom is -0.495 e. The molecule has 2 rings (SSSR count). The third-order valence-electron chi connectivity index (χ3n) is 2.18. The standard InChI is InChI=1S/C10H13NO4S/c1-14-7-2-6(4-10(11,12)13)3-8-9(7)16-5-15-8/h2-3,12-13H,4-5,11H2,1H3. The second kappa shape index (κ2) is 4.14. The first-order valence-electron chi connectivity index (χ1n) is 4.70. The predicted octanol–water partition coefficient (Wildman–Crippen LogP) is 0.277. The Labute approximate surface area is 97.2 Å². The number of methoxy groups -OCH3 is 1. The molecule has 0 aliphatic carbocycles. The Kier molecular flexibility index (Phi) is 2.98. The van der Waals surface area contributed by atoms with Crippen molar-refractivity contribution in [3.8, 4) is 11.5 Å². The summed E-state index contributed by atoms with van der Waals surface area (Å²) in [4.78, 5) is 0.935. The molecule has 0 bridgehead atoms. The predicted molar refractivity (Wildman–Crippen MR) is 59.4 cm³/mol. The Morgan fingerprint density at radius 3 is 2.94 bits per heavy atom. The molecule has 0 saturated carbocycles. The van der Waals surface area contributed by atoms with Gasteiger partial charge in [0.15, 0.2) is 0 Å². The van der Waals surface area contributed by atoms with Crippen molar-refractivity contribution in [2.45, 2.75) is 17.2 Å². The summed E-state index contributed by atoms with van der Waals surface area (Å²) >= 11 is 1.54. The molecule has 1 heterocycles. The third-order valence-corrected chi connectivity index (χ3v) is 3.11. The molecular weight excluding hydrogens is 230 g/mol. The molecule has 0 amide bonds. The van der Waals surface area contributed by atoms with Crippen LogP contribution in [0.25, 0.3) is 0 Å². The molecule has 0 fully saturated rings. The maximum Gasteiger partial charge on any atom is 0.223 e. The molecule has 1 aliphatic rings. The second-order valence-electron chi connectivity index (χ2n) is 3.59. The average Bonchev–Trinajstić information content (AvgIpc) is 2.61. The SMILES string of the molecule is COc1cc(CC(N)(O)O)cc2c1SCO2. The minimum absolute atomic E-state index is 0.0787. The number of aliphatic hydroxyl groups is 2. The molecule has 1 aromatic rings. The summed E-state index contributed by atoms with van der Waals surface area (Å²) in [5.74, 6) is -0.311. The number of hydrogen-bond acceptors (Lipinski definition) is 6. The molecule has 88 valence electrons. The second-order valence-corrected chi connectivity index (χ2v) is 4.52.